The maximum absolute atomic E-state index is 11.8. The number of likely N-dealkylation sites (N-methyl/N-ethyl adjacent to an activating group) is 1. The summed E-state index contributed by atoms with van der Waals surface area (Å²) < 4.78 is 0. The van der Waals surface area contributed by atoms with Crippen molar-refractivity contribution in [3.63, 3.8) is 0 Å². The second-order valence-electron chi connectivity index (χ2n) is 6.76. The Hall–Kier alpha value is -0.320. The van der Waals surface area contributed by atoms with Gasteiger partial charge in [0.15, 0.2) is 0 Å². The molecule has 0 spiro atoms. The molecule has 1 aliphatic heterocycles. The zero-order valence-electron chi connectivity index (χ0n) is 13.8. The average Bonchev–Trinajstić information content (AvgIpc) is 2.48. The molecule has 0 atom stereocenters. The summed E-state index contributed by atoms with van der Waals surface area (Å²) in [6.45, 7) is 9.13. The fourth-order valence-corrected chi connectivity index (χ4v) is 3.73. The number of carbonyl (C=O) groups is 1. The van der Waals surface area contributed by atoms with Gasteiger partial charge in [-0.25, -0.2) is 0 Å². The molecule has 0 radical (unpaired) electrons. The molecule has 1 N–H and O–H groups in total. The Morgan fingerprint density at radius 1 is 1.10 bits per heavy atom. The fraction of sp³-hybridized carbons (Fsp3) is 0.938. The third-order valence-electron chi connectivity index (χ3n) is 5.20. The molecule has 2 rings (SSSR count). The maximum Gasteiger partial charge on any atom is 0.236 e. The van der Waals surface area contributed by atoms with Crippen LogP contribution in [0.2, 0.25) is 0 Å². The van der Waals surface area contributed by atoms with Crippen LogP contribution >= 0.6 is 12.4 Å². The molecule has 2 fully saturated rings. The number of piperazine rings is 1. The van der Waals surface area contributed by atoms with Crippen molar-refractivity contribution in [3.05, 3.63) is 0 Å². The number of carbonyl (C=O) groups excluding carboxylic acids is 1. The molecule has 0 aromatic carbocycles. The van der Waals surface area contributed by atoms with E-state index in [4.69, 9.17) is 0 Å². The van der Waals surface area contributed by atoms with Gasteiger partial charge in [-0.3, -0.25) is 9.69 Å². The normalized spacial score (nSPS) is 27.5. The zero-order valence-corrected chi connectivity index (χ0v) is 14.6. The highest BCUT2D eigenvalue weighted by molar-refractivity contribution is 5.85. The number of amides is 1. The molecule has 1 aliphatic carbocycles. The topological polar surface area (TPSA) is 35.6 Å². The van der Waals surface area contributed by atoms with Crippen LogP contribution in [-0.4, -0.2) is 61.5 Å². The van der Waals surface area contributed by atoms with E-state index < -0.39 is 0 Å². The lowest BCUT2D eigenvalue weighted by Crippen LogP contribution is -2.53. The standard InChI is InChI=1S/C16H31N3O.ClH/c1-13(2)14-4-6-15(7-5-14)18-8-10-19(11-9-18)16(20)12-17-3;/h13-15,17H,4-12H2,1-3H3;1H. The smallest absolute Gasteiger partial charge is 0.236 e. The van der Waals surface area contributed by atoms with Gasteiger partial charge in [-0.1, -0.05) is 13.8 Å². The molecule has 0 bridgehead atoms. The first-order valence-electron chi connectivity index (χ1n) is 8.28. The van der Waals surface area contributed by atoms with Crippen LogP contribution in [0.25, 0.3) is 0 Å². The van der Waals surface area contributed by atoms with E-state index in [1.165, 1.54) is 25.7 Å². The van der Waals surface area contributed by atoms with Gasteiger partial charge in [-0.05, 0) is 44.6 Å². The van der Waals surface area contributed by atoms with Crippen LogP contribution in [0.15, 0.2) is 0 Å². The lowest BCUT2D eigenvalue weighted by molar-refractivity contribution is -0.132. The Bertz CT molecular complexity index is 309. The molecular formula is C16H32ClN3O. The second kappa shape index (κ2) is 8.96. The monoisotopic (exact) mass is 317 g/mol. The molecule has 1 saturated carbocycles. The van der Waals surface area contributed by atoms with Crippen molar-refractivity contribution in [2.45, 2.75) is 45.6 Å². The molecule has 5 heteroatoms. The van der Waals surface area contributed by atoms with Crippen LogP contribution in [0.1, 0.15) is 39.5 Å². The van der Waals surface area contributed by atoms with Gasteiger partial charge in [0.1, 0.15) is 0 Å². The van der Waals surface area contributed by atoms with Crippen LogP contribution in [0.3, 0.4) is 0 Å². The largest absolute Gasteiger partial charge is 0.339 e. The summed E-state index contributed by atoms with van der Waals surface area (Å²) in [6.07, 6.45) is 5.49. The highest BCUT2D eigenvalue weighted by atomic mass is 35.5. The minimum atomic E-state index is 0. The second-order valence-corrected chi connectivity index (χ2v) is 6.76. The number of rotatable bonds is 4. The number of nitrogens with zero attached hydrogens (tertiary/aromatic N) is 2. The van der Waals surface area contributed by atoms with Crippen molar-refractivity contribution >= 4 is 18.3 Å². The lowest BCUT2D eigenvalue weighted by atomic mass is 9.79. The van der Waals surface area contributed by atoms with Crippen LogP contribution < -0.4 is 5.32 Å². The highest BCUT2D eigenvalue weighted by Gasteiger charge is 2.29. The first kappa shape index (κ1) is 18.7. The van der Waals surface area contributed by atoms with Gasteiger partial charge in [-0.15, -0.1) is 12.4 Å². The zero-order chi connectivity index (χ0) is 14.5. The first-order valence-corrected chi connectivity index (χ1v) is 8.28. The van der Waals surface area contributed by atoms with Crippen LogP contribution in [-0.2, 0) is 4.79 Å². The van der Waals surface area contributed by atoms with E-state index in [9.17, 15) is 4.79 Å². The molecule has 0 aromatic heterocycles. The van der Waals surface area contributed by atoms with Crippen LogP contribution in [0.4, 0.5) is 0 Å². The molecule has 1 heterocycles. The van der Waals surface area contributed by atoms with Crippen LogP contribution in [0, 0.1) is 11.8 Å². The quantitative estimate of drug-likeness (QED) is 0.861. The summed E-state index contributed by atoms with van der Waals surface area (Å²) in [4.78, 5) is 16.5. The van der Waals surface area contributed by atoms with Gasteiger partial charge in [-0.2, -0.15) is 0 Å². The van der Waals surface area contributed by atoms with Crippen molar-refractivity contribution in [3.8, 4) is 0 Å². The molecule has 2 aliphatic rings. The molecule has 21 heavy (non-hydrogen) atoms. The summed E-state index contributed by atoms with van der Waals surface area (Å²) in [6, 6.07) is 0.770. The highest BCUT2D eigenvalue weighted by Crippen LogP contribution is 2.32. The van der Waals surface area contributed by atoms with E-state index in [1.807, 2.05) is 11.9 Å². The molecule has 4 nitrogen and oxygen atoms in total. The minimum absolute atomic E-state index is 0. The summed E-state index contributed by atoms with van der Waals surface area (Å²) in [5, 5.41) is 2.95. The SMILES string of the molecule is CNCC(=O)N1CCN(C2CCC(C(C)C)CC2)CC1.Cl. The van der Waals surface area contributed by atoms with E-state index in [0.717, 1.165) is 44.1 Å². The number of hydrogen-bond acceptors (Lipinski definition) is 3. The van der Waals surface area contributed by atoms with E-state index in [1.54, 1.807) is 0 Å². The Balaban J connectivity index is 0.00000220. The Morgan fingerprint density at radius 2 is 1.67 bits per heavy atom. The third kappa shape index (κ3) is 5.11. The van der Waals surface area contributed by atoms with Gasteiger partial charge in [0, 0.05) is 32.2 Å². The Morgan fingerprint density at radius 3 is 2.14 bits per heavy atom. The predicted molar refractivity (Wildman–Crippen MR) is 89.9 cm³/mol. The van der Waals surface area contributed by atoms with Crippen molar-refractivity contribution in [2.24, 2.45) is 11.8 Å². The van der Waals surface area contributed by atoms with Crippen molar-refractivity contribution in [1.29, 1.82) is 0 Å². The average molecular weight is 318 g/mol. The van der Waals surface area contributed by atoms with E-state index >= 15 is 0 Å². The molecule has 1 amide bonds. The Kier molecular flexibility index (Phi) is 7.99. The van der Waals surface area contributed by atoms with Gasteiger partial charge >= 0.3 is 0 Å². The lowest BCUT2D eigenvalue weighted by Gasteiger charge is -2.42. The predicted octanol–water partition coefficient (Wildman–Crippen LogP) is 1.99. The number of hydrogen-bond donors (Lipinski definition) is 1. The molecule has 0 unspecified atom stereocenters. The molecular weight excluding hydrogens is 286 g/mol. The van der Waals surface area contributed by atoms with Crippen LogP contribution in [0.5, 0.6) is 0 Å². The minimum Gasteiger partial charge on any atom is -0.339 e. The van der Waals surface area contributed by atoms with Gasteiger partial charge in [0.2, 0.25) is 5.91 Å². The number of halogens is 1. The molecule has 1 saturated heterocycles. The summed E-state index contributed by atoms with van der Waals surface area (Å²) in [5.41, 5.74) is 0. The van der Waals surface area contributed by atoms with Gasteiger partial charge in [0.05, 0.1) is 6.54 Å². The van der Waals surface area contributed by atoms with E-state index in [2.05, 4.69) is 24.1 Å². The number of nitrogens with one attached hydrogen (secondary N) is 1. The van der Waals surface area contributed by atoms with E-state index in [-0.39, 0.29) is 18.3 Å². The van der Waals surface area contributed by atoms with E-state index in [0.29, 0.717) is 6.54 Å². The Labute approximate surface area is 136 Å². The summed E-state index contributed by atoms with van der Waals surface area (Å²) in [5.74, 6) is 2.02. The maximum atomic E-state index is 11.8. The summed E-state index contributed by atoms with van der Waals surface area (Å²) >= 11 is 0. The third-order valence-corrected chi connectivity index (χ3v) is 5.20. The first-order chi connectivity index (χ1) is 9.61. The van der Waals surface area contributed by atoms with Gasteiger partial charge in [0.25, 0.3) is 0 Å². The fourth-order valence-electron chi connectivity index (χ4n) is 3.73. The van der Waals surface area contributed by atoms with Crippen molar-refractivity contribution in [2.75, 3.05) is 39.8 Å². The van der Waals surface area contributed by atoms with Crippen molar-refractivity contribution < 1.29 is 4.79 Å². The molecule has 124 valence electrons. The van der Waals surface area contributed by atoms with Gasteiger partial charge < -0.3 is 10.2 Å². The van der Waals surface area contributed by atoms with Crippen molar-refractivity contribution in [1.82, 2.24) is 15.1 Å². The molecule has 0 aromatic rings. The summed E-state index contributed by atoms with van der Waals surface area (Å²) in [7, 11) is 1.83.